The third-order valence-corrected chi connectivity index (χ3v) is 13.0. The molecule has 7 unspecified atom stereocenters. The summed E-state index contributed by atoms with van der Waals surface area (Å²) in [4.78, 5) is 24.7. The van der Waals surface area contributed by atoms with E-state index in [0.29, 0.717) is 52.6 Å². The molecule has 4 aliphatic carbocycles. The Balaban J connectivity index is 1.06. The van der Waals surface area contributed by atoms with Crippen molar-refractivity contribution in [2.24, 2.45) is 46.3 Å². The second-order valence-corrected chi connectivity index (χ2v) is 15.1. The van der Waals surface area contributed by atoms with E-state index in [0.717, 1.165) is 38.7 Å². The van der Waals surface area contributed by atoms with Crippen molar-refractivity contribution in [3.05, 3.63) is 41.5 Å². The second kappa shape index (κ2) is 10.2. The smallest absolute Gasteiger partial charge is 0.342 e. The van der Waals surface area contributed by atoms with Crippen molar-refractivity contribution in [3.63, 3.8) is 0 Å². The number of fused-ring (bicyclic) bond motifs is 7. The Kier molecular flexibility index (Phi) is 6.93. The van der Waals surface area contributed by atoms with Crippen molar-refractivity contribution in [2.75, 3.05) is 6.61 Å². The lowest BCUT2D eigenvalue weighted by atomic mass is 9.47. The molecule has 1 aromatic rings. The summed E-state index contributed by atoms with van der Waals surface area (Å²) in [6, 6.07) is 6.84. The Morgan fingerprint density at radius 3 is 2.57 bits per heavy atom. The van der Waals surface area contributed by atoms with Crippen molar-refractivity contribution in [1.82, 2.24) is 0 Å². The van der Waals surface area contributed by atoms with Crippen LogP contribution in [0.3, 0.4) is 0 Å². The number of hydrogen-bond donors (Lipinski definition) is 0. The first-order chi connectivity index (χ1) is 20.0. The van der Waals surface area contributed by atoms with E-state index in [9.17, 15) is 9.59 Å². The lowest BCUT2D eigenvalue weighted by Crippen LogP contribution is -2.52. The fraction of sp³-hybridized carbons (Fsp3) is 0.722. The lowest BCUT2D eigenvalue weighted by Gasteiger charge is -2.58. The van der Waals surface area contributed by atoms with Gasteiger partial charge in [0.15, 0.2) is 5.79 Å². The Bertz CT molecular complexity index is 1280. The molecule has 0 aromatic heterocycles. The number of allylic oxidation sites excluding steroid dienone is 1. The number of carbonyl (C=O) groups is 2. The predicted molar refractivity (Wildman–Crippen MR) is 159 cm³/mol. The molecule has 6 aliphatic rings. The first-order valence-corrected chi connectivity index (χ1v) is 16.5. The maximum Gasteiger partial charge on any atom is 0.342 e. The van der Waals surface area contributed by atoms with Crippen LogP contribution in [0.4, 0.5) is 0 Å². The molecule has 6 heteroatoms. The molecule has 1 aromatic carbocycles. The topological polar surface area (TPSA) is 71.1 Å². The van der Waals surface area contributed by atoms with Crippen molar-refractivity contribution in [3.8, 4) is 5.75 Å². The minimum atomic E-state index is -0.447. The van der Waals surface area contributed by atoms with Crippen LogP contribution in [0, 0.1) is 46.3 Å². The predicted octanol–water partition coefficient (Wildman–Crippen LogP) is 7.50. The third kappa shape index (κ3) is 4.33. The molecular formula is C36H48O6. The van der Waals surface area contributed by atoms with Crippen LogP contribution in [-0.4, -0.2) is 36.5 Å². The quantitative estimate of drug-likeness (QED) is 0.211. The van der Waals surface area contributed by atoms with E-state index in [4.69, 9.17) is 18.9 Å². The minimum Gasteiger partial charge on any atom is -0.458 e. The number of rotatable bonds is 3. The number of carbonyl (C=O) groups excluding carboxylic acids is 2. The summed E-state index contributed by atoms with van der Waals surface area (Å²) in [6.07, 6.45) is 12.5. The van der Waals surface area contributed by atoms with Gasteiger partial charge in [-0.25, -0.2) is 4.79 Å². The standard InChI is InChI=1S/C36H48O6/c1-21-12-17-36(39-20-21)22(2)32-31(42-36)19-29-26-11-10-24-18-25(13-15-34(24,4)28(26)14-16-35(29,32)5)41-33(38)27-8-6-7-9-30(27)40-23(3)37/h6-10,21-22,25-26,28-29,31-32H,11-20H2,1-5H3/t21-,22+,25?,26?,28?,29?,31?,32?,34+,35+,36?/m1/s1. The van der Waals surface area contributed by atoms with Gasteiger partial charge in [0.25, 0.3) is 0 Å². The number of para-hydroxylation sites is 1. The second-order valence-electron chi connectivity index (χ2n) is 15.1. The zero-order chi connectivity index (χ0) is 29.4. The number of esters is 2. The largest absolute Gasteiger partial charge is 0.458 e. The van der Waals surface area contributed by atoms with E-state index >= 15 is 0 Å². The van der Waals surface area contributed by atoms with E-state index in [1.54, 1.807) is 24.3 Å². The van der Waals surface area contributed by atoms with Gasteiger partial charge in [0, 0.05) is 25.7 Å². The average Bonchev–Trinajstić information content (AvgIpc) is 3.40. The van der Waals surface area contributed by atoms with Crippen LogP contribution in [0.5, 0.6) is 5.75 Å². The van der Waals surface area contributed by atoms with Crippen molar-refractivity contribution >= 4 is 11.9 Å². The molecule has 7 rings (SSSR count). The van der Waals surface area contributed by atoms with Crippen LogP contribution in [0.15, 0.2) is 35.9 Å². The Morgan fingerprint density at radius 1 is 1.00 bits per heavy atom. The molecule has 3 saturated carbocycles. The van der Waals surface area contributed by atoms with E-state index in [-0.39, 0.29) is 23.1 Å². The van der Waals surface area contributed by atoms with Crippen LogP contribution < -0.4 is 4.74 Å². The highest BCUT2D eigenvalue weighted by atomic mass is 16.7. The summed E-state index contributed by atoms with van der Waals surface area (Å²) in [5, 5.41) is 0. The summed E-state index contributed by atoms with van der Waals surface area (Å²) in [5.41, 5.74) is 2.27. The van der Waals surface area contributed by atoms with Gasteiger partial charge in [-0.05, 0) is 97.5 Å². The maximum atomic E-state index is 13.1. The van der Waals surface area contributed by atoms with Gasteiger partial charge in [0.1, 0.15) is 17.4 Å². The molecule has 2 heterocycles. The van der Waals surface area contributed by atoms with Gasteiger partial charge >= 0.3 is 11.9 Å². The highest BCUT2D eigenvalue weighted by molar-refractivity contribution is 5.93. The average molecular weight is 577 g/mol. The van der Waals surface area contributed by atoms with Crippen LogP contribution in [0.25, 0.3) is 0 Å². The molecule has 0 bridgehead atoms. The fourth-order valence-corrected chi connectivity index (χ4v) is 10.8. The molecule has 228 valence electrons. The molecule has 1 spiro atoms. The van der Waals surface area contributed by atoms with Crippen LogP contribution in [0.1, 0.15) is 103 Å². The molecular weight excluding hydrogens is 528 g/mol. The zero-order valence-electron chi connectivity index (χ0n) is 26.0. The van der Waals surface area contributed by atoms with E-state index < -0.39 is 11.9 Å². The molecule has 11 atom stereocenters. The maximum absolute atomic E-state index is 13.1. The molecule has 0 amide bonds. The normalized spacial score (nSPS) is 45.7. The summed E-state index contributed by atoms with van der Waals surface area (Å²) >= 11 is 0. The van der Waals surface area contributed by atoms with Gasteiger partial charge in [-0.15, -0.1) is 0 Å². The molecule has 42 heavy (non-hydrogen) atoms. The minimum absolute atomic E-state index is 0.151. The van der Waals surface area contributed by atoms with Gasteiger partial charge in [0.05, 0.1) is 12.7 Å². The number of benzene rings is 1. The SMILES string of the molecule is CC(=O)Oc1ccccc1C(=O)OC1CC[C@@]2(C)C(=CCC3C4CC5OC6(CC[C@@H](C)CO6)[C@@H](C)C5[C@@]4(C)CCC32)C1. The third-order valence-electron chi connectivity index (χ3n) is 13.0. The van der Waals surface area contributed by atoms with Crippen LogP contribution in [0.2, 0.25) is 0 Å². The molecule has 2 saturated heterocycles. The van der Waals surface area contributed by atoms with E-state index in [1.807, 2.05) is 0 Å². The van der Waals surface area contributed by atoms with Crippen LogP contribution >= 0.6 is 0 Å². The fourth-order valence-electron chi connectivity index (χ4n) is 10.8. The first kappa shape index (κ1) is 28.6. The van der Waals surface area contributed by atoms with Gasteiger partial charge in [-0.2, -0.15) is 0 Å². The van der Waals surface area contributed by atoms with Crippen LogP contribution in [-0.2, 0) is 19.0 Å². The monoisotopic (exact) mass is 576 g/mol. The summed E-state index contributed by atoms with van der Waals surface area (Å²) < 4.78 is 24.8. The molecule has 5 fully saturated rings. The number of hydrogen-bond acceptors (Lipinski definition) is 6. The summed E-state index contributed by atoms with van der Waals surface area (Å²) in [7, 11) is 0. The highest BCUT2D eigenvalue weighted by Crippen LogP contribution is 2.70. The van der Waals surface area contributed by atoms with Gasteiger partial charge in [-0.1, -0.05) is 51.5 Å². The van der Waals surface area contributed by atoms with Crippen molar-refractivity contribution in [2.45, 2.75) is 110 Å². The Morgan fingerprint density at radius 2 is 1.81 bits per heavy atom. The van der Waals surface area contributed by atoms with E-state index in [1.165, 1.54) is 38.2 Å². The molecule has 2 aliphatic heterocycles. The first-order valence-electron chi connectivity index (χ1n) is 16.5. The van der Waals surface area contributed by atoms with Gasteiger partial charge < -0.3 is 18.9 Å². The summed E-state index contributed by atoms with van der Waals surface area (Å²) in [6.45, 7) is 12.0. The van der Waals surface area contributed by atoms with Gasteiger partial charge in [-0.3, -0.25) is 4.79 Å². The summed E-state index contributed by atoms with van der Waals surface area (Å²) in [5.74, 6) is 2.76. The lowest BCUT2D eigenvalue weighted by molar-refractivity contribution is -0.272. The molecule has 6 nitrogen and oxygen atoms in total. The number of ether oxygens (including phenoxy) is 4. The zero-order valence-corrected chi connectivity index (χ0v) is 26.0. The Labute approximate surface area is 250 Å². The Hall–Kier alpha value is -2.18. The van der Waals surface area contributed by atoms with E-state index in [2.05, 4.69) is 33.8 Å². The highest BCUT2D eigenvalue weighted by Gasteiger charge is 2.68. The van der Waals surface area contributed by atoms with Crippen molar-refractivity contribution in [1.29, 1.82) is 0 Å². The molecule has 0 radical (unpaired) electrons. The van der Waals surface area contributed by atoms with Gasteiger partial charge in [0.2, 0.25) is 0 Å². The molecule has 0 N–H and O–H groups in total. The van der Waals surface area contributed by atoms with Crippen molar-refractivity contribution < 1.29 is 28.5 Å².